The topological polar surface area (TPSA) is 66.8 Å². The average Bonchev–Trinajstić information content (AvgIpc) is 3.76. The molecule has 4 heteroatoms. The largest absolute Gasteiger partial charge is 0.465 e. The maximum atomic E-state index is 12.0. The highest BCUT2D eigenvalue weighted by atomic mass is 16.6. The van der Waals surface area contributed by atoms with E-state index in [4.69, 9.17) is 4.74 Å². The molecule has 1 fully saturated rings. The van der Waals surface area contributed by atoms with Crippen molar-refractivity contribution in [3.8, 4) is 5.75 Å². The number of benzene rings is 2. The Morgan fingerprint density at radius 1 is 1.00 bits per heavy atom. The molecular weight excluding hydrogens is 484 g/mol. The Kier molecular flexibility index (Phi) is 18.4. The van der Waals surface area contributed by atoms with Gasteiger partial charge in [-0.05, 0) is 85.8 Å². The standard InChI is InChI=1S/C29H38O4.3C2H6/c1-6-8-25(28-16-27(28)20(4)17-30)29(32)33-23-13-11-22(12-14-23)19(3)15-26-18(2)9-7-10-24(26)21(5)31;3*1-2/h7,9-15,20,25,27-30,32H,6,8,16-17H2,1-5H3;3*1-2H3/b19-15+;;;. The molecule has 0 amide bonds. The molecule has 1 saturated carbocycles. The van der Waals surface area contributed by atoms with E-state index in [2.05, 4.69) is 19.9 Å². The monoisotopic (exact) mass is 540 g/mol. The lowest BCUT2D eigenvalue weighted by molar-refractivity contribution is -0.0742. The van der Waals surface area contributed by atoms with Crippen LogP contribution in [0.1, 0.15) is 116 Å². The van der Waals surface area contributed by atoms with Gasteiger partial charge >= 0.3 is 0 Å². The third kappa shape index (κ3) is 10.9. The van der Waals surface area contributed by atoms with Gasteiger partial charge in [0.15, 0.2) is 12.1 Å². The first-order chi connectivity index (χ1) is 18.8. The number of hydrogen-bond donors (Lipinski definition) is 2. The third-order valence-electron chi connectivity index (χ3n) is 7.08. The van der Waals surface area contributed by atoms with E-state index in [0.29, 0.717) is 17.6 Å². The van der Waals surface area contributed by atoms with Crippen molar-refractivity contribution in [2.24, 2.45) is 23.7 Å². The number of carbonyl (C=O) groups is 1. The summed E-state index contributed by atoms with van der Waals surface area (Å²) in [7, 11) is 0. The van der Waals surface area contributed by atoms with Gasteiger partial charge in [0.1, 0.15) is 5.75 Å². The highest BCUT2D eigenvalue weighted by Gasteiger charge is 2.48. The number of hydrogen-bond acceptors (Lipinski definition) is 4. The van der Waals surface area contributed by atoms with E-state index < -0.39 is 6.29 Å². The van der Waals surface area contributed by atoms with E-state index in [1.807, 2.05) is 97.9 Å². The number of Topliss-reactive ketones (excluding diaryl/α,β-unsaturated/α-hetero) is 1. The quantitative estimate of drug-likeness (QED) is 0.169. The van der Waals surface area contributed by atoms with Gasteiger partial charge < -0.3 is 14.9 Å². The van der Waals surface area contributed by atoms with E-state index in [9.17, 15) is 15.0 Å². The minimum absolute atomic E-state index is 0.0587. The van der Waals surface area contributed by atoms with Crippen molar-refractivity contribution in [3.05, 3.63) is 64.7 Å². The number of allylic oxidation sites excluding steroid dienone is 1. The first-order valence-electron chi connectivity index (χ1n) is 15.1. The predicted octanol–water partition coefficient (Wildman–Crippen LogP) is 9.21. The second-order valence-corrected chi connectivity index (χ2v) is 9.63. The smallest absolute Gasteiger partial charge is 0.200 e. The maximum absolute atomic E-state index is 12.0. The molecule has 5 atom stereocenters. The minimum Gasteiger partial charge on any atom is -0.465 e. The van der Waals surface area contributed by atoms with Crippen molar-refractivity contribution in [1.82, 2.24) is 0 Å². The molecule has 0 aromatic heterocycles. The Balaban J connectivity index is 0.00000225. The van der Waals surface area contributed by atoms with Crippen molar-refractivity contribution >= 4 is 17.4 Å². The molecule has 0 aliphatic heterocycles. The highest BCUT2D eigenvalue weighted by molar-refractivity contribution is 6.00. The van der Waals surface area contributed by atoms with E-state index >= 15 is 0 Å². The van der Waals surface area contributed by atoms with Crippen molar-refractivity contribution in [3.63, 3.8) is 0 Å². The molecule has 1 aliphatic rings. The van der Waals surface area contributed by atoms with Crippen molar-refractivity contribution in [2.75, 3.05) is 6.61 Å². The molecule has 0 heterocycles. The van der Waals surface area contributed by atoms with Crippen LogP contribution in [0.3, 0.4) is 0 Å². The molecule has 220 valence electrons. The van der Waals surface area contributed by atoms with Gasteiger partial charge in [0.25, 0.3) is 0 Å². The van der Waals surface area contributed by atoms with Crippen LogP contribution in [0.4, 0.5) is 0 Å². The lowest BCUT2D eigenvalue weighted by Gasteiger charge is -2.24. The van der Waals surface area contributed by atoms with Crippen LogP contribution in [-0.4, -0.2) is 28.9 Å². The van der Waals surface area contributed by atoms with E-state index in [0.717, 1.165) is 47.1 Å². The van der Waals surface area contributed by atoms with Gasteiger partial charge in [-0.2, -0.15) is 0 Å². The van der Waals surface area contributed by atoms with Crippen LogP contribution >= 0.6 is 0 Å². The van der Waals surface area contributed by atoms with Gasteiger partial charge in [-0.3, -0.25) is 4.79 Å². The van der Waals surface area contributed by atoms with E-state index in [1.165, 1.54) is 0 Å². The Bertz CT molecular complexity index is 977. The van der Waals surface area contributed by atoms with Gasteiger partial charge in [0.05, 0.1) is 0 Å². The Morgan fingerprint density at radius 3 is 2.10 bits per heavy atom. The van der Waals surface area contributed by atoms with Crippen LogP contribution in [0.15, 0.2) is 42.5 Å². The molecule has 39 heavy (non-hydrogen) atoms. The molecule has 0 radical (unpaired) electrons. The number of aliphatic hydroxyl groups is 2. The molecular formula is C35H56O4. The summed E-state index contributed by atoms with van der Waals surface area (Å²) in [5.41, 5.74) is 4.85. The zero-order valence-electron chi connectivity index (χ0n) is 26.5. The summed E-state index contributed by atoms with van der Waals surface area (Å²) in [6, 6.07) is 13.6. The molecule has 5 unspecified atom stereocenters. The Hall–Kier alpha value is -2.43. The number of aliphatic hydroxyl groups excluding tert-OH is 2. The lowest BCUT2D eigenvalue weighted by Crippen LogP contribution is -2.29. The molecule has 3 rings (SSSR count). The van der Waals surface area contributed by atoms with Crippen LogP contribution in [0.25, 0.3) is 11.6 Å². The summed E-state index contributed by atoms with van der Waals surface area (Å²) in [4.78, 5) is 12.0. The zero-order chi connectivity index (χ0) is 30.1. The molecule has 2 aromatic rings. The number of ketones is 1. The summed E-state index contributed by atoms with van der Waals surface area (Å²) in [5, 5.41) is 20.3. The molecule has 1 aliphatic carbocycles. The number of aryl methyl sites for hydroxylation is 1. The normalized spacial score (nSPS) is 18.0. The second-order valence-electron chi connectivity index (χ2n) is 9.63. The number of rotatable bonds is 11. The summed E-state index contributed by atoms with van der Waals surface area (Å²) in [6.07, 6.45) is 4.17. The molecule has 0 saturated heterocycles. The minimum atomic E-state index is -0.849. The molecule has 0 spiro atoms. The number of ether oxygens (including phenoxy) is 1. The Morgan fingerprint density at radius 2 is 1.59 bits per heavy atom. The van der Waals surface area contributed by atoms with E-state index in [1.54, 1.807) is 6.92 Å². The van der Waals surface area contributed by atoms with Crippen molar-refractivity contribution in [1.29, 1.82) is 0 Å². The van der Waals surface area contributed by atoms with Crippen molar-refractivity contribution < 1.29 is 19.7 Å². The van der Waals surface area contributed by atoms with Gasteiger partial charge in [-0.1, -0.05) is 98.2 Å². The first kappa shape index (κ1) is 36.6. The lowest BCUT2D eigenvalue weighted by atomic mass is 9.93. The van der Waals surface area contributed by atoms with Gasteiger partial charge in [0.2, 0.25) is 0 Å². The van der Waals surface area contributed by atoms with Crippen LogP contribution in [-0.2, 0) is 0 Å². The van der Waals surface area contributed by atoms with Crippen LogP contribution in [0.5, 0.6) is 5.75 Å². The fourth-order valence-corrected chi connectivity index (χ4v) is 4.92. The average molecular weight is 541 g/mol. The summed E-state index contributed by atoms with van der Waals surface area (Å²) in [6.45, 7) is 22.0. The van der Waals surface area contributed by atoms with Crippen LogP contribution in [0, 0.1) is 30.6 Å². The molecule has 0 bridgehead atoms. The molecule has 2 N–H and O–H groups in total. The molecule has 4 nitrogen and oxygen atoms in total. The van der Waals surface area contributed by atoms with Crippen LogP contribution < -0.4 is 4.74 Å². The SMILES string of the molecule is CC.CC.CC.CCCC(C(O)Oc1ccc(/C(C)=C/c2c(C)cccc2C(C)=O)cc1)C1CC1C(C)CO. The predicted molar refractivity (Wildman–Crippen MR) is 168 cm³/mol. The van der Waals surface area contributed by atoms with Gasteiger partial charge in [-0.25, -0.2) is 0 Å². The summed E-state index contributed by atoms with van der Waals surface area (Å²) in [5.74, 6) is 1.95. The number of carbonyl (C=O) groups excluding carboxylic acids is 1. The summed E-state index contributed by atoms with van der Waals surface area (Å²) < 4.78 is 5.94. The van der Waals surface area contributed by atoms with E-state index in [-0.39, 0.29) is 24.2 Å². The maximum Gasteiger partial charge on any atom is 0.200 e. The van der Waals surface area contributed by atoms with Gasteiger partial charge in [-0.15, -0.1) is 0 Å². The fourth-order valence-electron chi connectivity index (χ4n) is 4.92. The molecule has 2 aromatic carbocycles. The van der Waals surface area contributed by atoms with Gasteiger partial charge in [0, 0.05) is 18.1 Å². The zero-order valence-corrected chi connectivity index (χ0v) is 26.5. The second kappa shape index (κ2) is 19.6. The summed E-state index contributed by atoms with van der Waals surface area (Å²) >= 11 is 0. The Labute approximate surface area is 239 Å². The first-order valence-corrected chi connectivity index (χ1v) is 15.1. The highest BCUT2D eigenvalue weighted by Crippen LogP contribution is 2.51. The van der Waals surface area contributed by atoms with Crippen molar-refractivity contribution in [2.45, 2.75) is 102 Å². The fraction of sp³-hybridized carbons (Fsp3) is 0.571. The third-order valence-corrected chi connectivity index (χ3v) is 7.08. The van der Waals surface area contributed by atoms with Crippen LogP contribution in [0.2, 0.25) is 0 Å².